The molecular formula is C34H36F2N4O5. The Hall–Kier alpha value is -4.38. The molecule has 1 amide bonds. The number of aryl methyl sites for hydroxylation is 1. The molecule has 1 aliphatic heterocycles. The van der Waals surface area contributed by atoms with Crippen molar-refractivity contribution < 1.29 is 33.0 Å². The highest BCUT2D eigenvalue weighted by Gasteiger charge is 2.35. The predicted molar refractivity (Wildman–Crippen MR) is 162 cm³/mol. The van der Waals surface area contributed by atoms with E-state index in [4.69, 9.17) is 9.47 Å². The fourth-order valence-corrected chi connectivity index (χ4v) is 5.99. The lowest BCUT2D eigenvalue weighted by Crippen LogP contribution is -2.29. The maximum absolute atomic E-state index is 15.6. The number of rotatable bonds is 8. The zero-order valence-corrected chi connectivity index (χ0v) is 26.0. The second-order valence-electron chi connectivity index (χ2n) is 12.8. The summed E-state index contributed by atoms with van der Waals surface area (Å²) in [6, 6.07) is 7.66. The molecule has 1 saturated carbocycles. The van der Waals surface area contributed by atoms with Crippen LogP contribution in [0.15, 0.2) is 30.3 Å². The predicted octanol–water partition coefficient (Wildman–Crippen LogP) is 6.36. The van der Waals surface area contributed by atoms with Gasteiger partial charge >= 0.3 is 5.97 Å². The number of nitrogens with one attached hydrogen (secondary N) is 1. The molecule has 6 rings (SSSR count). The van der Waals surface area contributed by atoms with Gasteiger partial charge < -0.3 is 19.9 Å². The van der Waals surface area contributed by atoms with Gasteiger partial charge in [0, 0.05) is 35.0 Å². The van der Waals surface area contributed by atoms with Gasteiger partial charge in [0.15, 0.2) is 29.0 Å². The Labute approximate surface area is 259 Å². The average molecular weight is 619 g/mol. The molecule has 2 aromatic heterocycles. The molecule has 4 aromatic rings. The second-order valence-corrected chi connectivity index (χ2v) is 12.8. The van der Waals surface area contributed by atoms with Crippen molar-refractivity contribution in [3.8, 4) is 17.0 Å². The number of amides is 1. The van der Waals surface area contributed by atoms with Crippen LogP contribution in [0.4, 0.5) is 8.78 Å². The Kier molecular flexibility index (Phi) is 7.84. The van der Waals surface area contributed by atoms with E-state index in [0.29, 0.717) is 47.4 Å². The normalized spacial score (nSPS) is 15.4. The highest BCUT2D eigenvalue weighted by molar-refractivity contribution is 5.93. The molecule has 0 spiro atoms. The zero-order chi connectivity index (χ0) is 32.2. The summed E-state index contributed by atoms with van der Waals surface area (Å²) in [5.74, 6) is -2.14. The molecule has 0 unspecified atom stereocenters. The van der Waals surface area contributed by atoms with Crippen LogP contribution in [0.25, 0.3) is 16.9 Å². The fourth-order valence-electron chi connectivity index (χ4n) is 5.99. The van der Waals surface area contributed by atoms with Crippen LogP contribution < -0.4 is 10.1 Å². The quantitative estimate of drug-likeness (QED) is 0.236. The number of fused-ring (bicyclic) bond motifs is 2. The number of carboxylic acid groups (broad SMARTS) is 1. The Morgan fingerprint density at radius 1 is 1.16 bits per heavy atom. The minimum absolute atomic E-state index is 0.0351. The van der Waals surface area contributed by atoms with Crippen LogP contribution in [0.3, 0.4) is 0 Å². The van der Waals surface area contributed by atoms with Crippen LogP contribution in [0.1, 0.15) is 96.1 Å². The third-order valence-electron chi connectivity index (χ3n) is 8.24. The van der Waals surface area contributed by atoms with E-state index in [-0.39, 0.29) is 46.6 Å². The Morgan fingerprint density at radius 2 is 1.91 bits per heavy atom. The first kappa shape index (κ1) is 30.6. The molecule has 0 radical (unpaired) electrons. The number of carboxylic acids is 1. The van der Waals surface area contributed by atoms with Gasteiger partial charge in [-0.25, -0.2) is 23.1 Å². The summed E-state index contributed by atoms with van der Waals surface area (Å²) in [5.41, 5.74) is 3.52. The Balaban J connectivity index is 1.47. The third-order valence-corrected chi connectivity index (χ3v) is 8.24. The van der Waals surface area contributed by atoms with Gasteiger partial charge in [0.1, 0.15) is 5.82 Å². The standard InChI is InChI=1S/C34H36F2N4O5/c1-17-21-7-6-12-44-30(21)25(36)14-22(17)29-28(31(33(42)43)45-34(3,4)5)18(2)38-27-15-26(39-40(27)29)32(41)37-16-19-8-11-24(35)23(13-19)20-9-10-20/h8,11,13-15,20,31H,6-7,9-10,12,16H2,1-5H3,(H,37,41)(H,42,43)/t31-/m0/s1. The van der Waals surface area contributed by atoms with E-state index in [1.54, 1.807) is 39.8 Å². The van der Waals surface area contributed by atoms with E-state index < -0.39 is 29.4 Å². The van der Waals surface area contributed by atoms with Crippen molar-refractivity contribution in [2.24, 2.45) is 0 Å². The first-order valence-electron chi connectivity index (χ1n) is 15.1. The summed E-state index contributed by atoms with van der Waals surface area (Å²) in [7, 11) is 0. The summed E-state index contributed by atoms with van der Waals surface area (Å²) >= 11 is 0. The molecule has 2 N–H and O–H groups in total. The average Bonchev–Trinajstić information content (AvgIpc) is 3.75. The molecule has 0 bridgehead atoms. The van der Waals surface area contributed by atoms with Crippen LogP contribution in [0.5, 0.6) is 5.75 Å². The molecule has 1 aliphatic carbocycles. The van der Waals surface area contributed by atoms with Crippen molar-refractivity contribution >= 4 is 17.5 Å². The number of aliphatic carboxylic acids is 1. The SMILES string of the molecule is Cc1nc2cc(C(=O)NCc3ccc(F)c(C4CC4)c3)nn2c(-c2cc(F)c3c(c2C)CCCO3)c1[C@H](OC(C)(C)C)C(=O)O. The molecule has 1 fully saturated rings. The number of ether oxygens (including phenoxy) is 2. The van der Waals surface area contributed by atoms with Crippen molar-refractivity contribution in [1.29, 1.82) is 0 Å². The maximum Gasteiger partial charge on any atom is 0.337 e. The van der Waals surface area contributed by atoms with Crippen LogP contribution in [0, 0.1) is 25.5 Å². The highest BCUT2D eigenvalue weighted by Crippen LogP contribution is 2.42. The number of nitrogens with zero attached hydrogens (tertiary/aromatic N) is 3. The molecule has 11 heteroatoms. The summed E-state index contributed by atoms with van der Waals surface area (Å²) < 4.78 is 42.9. The monoisotopic (exact) mass is 618 g/mol. The van der Waals surface area contributed by atoms with Gasteiger partial charge in [0.05, 0.1) is 17.9 Å². The summed E-state index contributed by atoms with van der Waals surface area (Å²) in [6.07, 6.45) is 1.74. The number of carbonyl (C=O) groups is 2. The lowest BCUT2D eigenvalue weighted by Gasteiger charge is -2.28. The number of halogens is 2. The van der Waals surface area contributed by atoms with E-state index in [1.165, 1.54) is 22.7 Å². The molecule has 45 heavy (non-hydrogen) atoms. The first-order valence-corrected chi connectivity index (χ1v) is 15.1. The van der Waals surface area contributed by atoms with Gasteiger partial charge in [-0.1, -0.05) is 12.1 Å². The first-order chi connectivity index (χ1) is 21.3. The Bertz CT molecular complexity index is 1840. The van der Waals surface area contributed by atoms with Crippen molar-refractivity contribution in [2.45, 2.75) is 84.5 Å². The summed E-state index contributed by atoms with van der Waals surface area (Å²) in [6.45, 7) is 9.30. The minimum atomic E-state index is -1.47. The van der Waals surface area contributed by atoms with Crippen molar-refractivity contribution in [2.75, 3.05) is 6.61 Å². The van der Waals surface area contributed by atoms with Gasteiger partial charge in [0.25, 0.3) is 5.91 Å². The van der Waals surface area contributed by atoms with Gasteiger partial charge in [0.2, 0.25) is 0 Å². The topological polar surface area (TPSA) is 115 Å². The molecule has 9 nitrogen and oxygen atoms in total. The zero-order valence-electron chi connectivity index (χ0n) is 26.0. The Morgan fingerprint density at radius 3 is 2.60 bits per heavy atom. The van der Waals surface area contributed by atoms with Crippen LogP contribution in [-0.4, -0.2) is 43.8 Å². The van der Waals surface area contributed by atoms with E-state index >= 15 is 4.39 Å². The maximum atomic E-state index is 15.6. The number of carbonyl (C=O) groups excluding carboxylic acids is 1. The summed E-state index contributed by atoms with van der Waals surface area (Å²) in [4.78, 5) is 30.7. The molecule has 236 valence electrons. The molecular weight excluding hydrogens is 582 g/mol. The van der Waals surface area contributed by atoms with E-state index in [0.717, 1.165) is 18.4 Å². The van der Waals surface area contributed by atoms with Crippen LogP contribution in [-0.2, 0) is 22.5 Å². The van der Waals surface area contributed by atoms with Crippen LogP contribution in [0.2, 0.25) is 0 Å². The number of hydrogen-bond acceptors (Lipinski definition) is 6. The van der Waals surface area contributed by atoms with Crippen LogP contribution >= 0.6 is 0 Å². The van der Waals surface area contributed by atoms with E-state index in [1.807, 2.05) is 6.92 Å². The van der Waals surface area contributed by atoms with Gasteiger partial charge in [-0.05, 0) is 95.0 Å². The second kappa shape index (κ2) is 11.5. The van der Waals surface area contributed by atoms with Crippen molar-refractivity contribution in [1.82, 2.24) is 19.9 Å². The number of hydrogen-bond donors (Lipinski definition) is 2. The molecule has 2 aliphatic rings. The molecule has 3 heterocycles. The third kappa shape index (κ3) is 6.01. The van der Waals surface area contributed by atoms with Gasteiger partial charge in [-0.3, -0.25) is 4.79 Å². The molecule has 2 aromatic carbocycles. The lowest BCUT2D eigenvalue weighted by molar-refractivity contribution is -0.160. The largest absolute Gasteiger partial charge is 0.490 e. The number of aromatic nitrogens is 3. The summed E-state index contributed by atoms with van der Waals surface area (Å²) in [5, 5.41) is 17.8. The van der Waals surface area contributed by atoms with Crippen molar-refractivity contribution in [3.63, 3.8) is 0 Å². The molecule has 1 atom stereocenters. The van der Waals surface area contributed by atoms with E-state index in [9.17, 15) is 19.1 Å². The lowest BCUT2D eigenvalue weighted by atomic mass is 9.91. The highest BCUT2D eigenvalue weighted by atomic mass is 19.1. The van der Waals surface area contributed by atoms with Gasteiger partial charge in [-0.2, -0.15) is 5.10 Å². The van der Waals surface area contributed by atoms with E-state index in [2.05, 4.69) is 15.4 Å². The fraction of sp³-hybridized carbons (Fsp3) is 0.412. The minimum Gasteiger partial charge on any atom is -0.490 e. The smallest absolute Gasteiger partial charge is 0.337 e. The van der Waals surface area contributed by atoms with Gasteiger partial charge in [-0.15, -0.1) is 0 Å². The molecule has 0 saturated heterocycles. The number of benzene rings is 2. The van der Waals surface area contributed by atoms with Crippen molar-refractivity contribution in [3.05, 3.63) is 81.2 Å².